The molecule has 0 N–H and O–H groups in total. The number of hydrogen-bond donors (Lipinski definition) is 0. The number of carbonyl (C=O) groups is 2. The molecular weight excluding hydrogens is 286 g/mol. The predicted octanol–water partition coefficient (Wildman–Crippen LogP) is 4.07. The zero-order valence-electron chi connectivity index (χ0n) is 13.4. The van der Waals surface area contributed by atoms with Gasteiger partial charge >= 0.3 is 0 Å². The molecule has 1 atom stereocenters. The molecule has 2 aromatic rings. The summed E-state index contributed by atoms with van der Waals surface area (Å²) in [5.41, 5.74) is 6.31. The highest BCUT2D eigenvalue weighted by atomic mass is 16.2. The average molecular weight is 303 g/mol. The molecule has 1 amide bonds. The summed E-state index contributed by atoms with van der Waals surface area (Å²) in [7, 11) is 0. The molecule has 114 valence electrons. The van der Waals surface area contributed by atoms with Crippen LogP contribution in [-0.4, -0.2) is 11.7 Å². The lowest BCUT2D eigenvalue weighted by Crippen LogP contribution is -2.34. The van der Waals surface area contributed by atoms with Crippen LogP contribution in [0.5, 0.6) is 0 Å². The van der Waals surface area contributed by atoms with E-state index >= 15 is 0 Å². The second-order valence-corrected chi connectivity index (χ2v) is 6.28. The van der Waals surface area contributed by atoms with Gasteiger partial charge in [-0.25, -0.2) is 0 Å². The van der Waals surface area contributed by atoms with Crippen molar-refractivity contribution in [3.05, 3.63) is 70.3 Å². The first-order valence-corrected chi connectivity index (χ1v) is 7.76. The minimum atomic E-state index is -0.300. The molecule has 3 nitrogen and oxygen atoms in total. The van der Waals surface area contributed by atoms with Crippen LogP contribution >= 0.6 is 0 Å². The number of rotatable bonds is 1. The standard InChI is InChI=1S/C20H17NO2/c1-11-8-9-17-16(10-11)12(2)18(13(3)22)19-14-6-4-5-7-15(14)20(23)21(17)19/h4-10,19H,1-3H3. The molecule has 1 unspecified atom stereocenters. The van der Waals surface area contributed by atoms with Crippen molar-refractivity contribution < 1.29 is 9.59 Å². The summed E-state index contributed by atoms with van der Waals surface area (Å²) in [6, 6.07) is 13.3. The maximum Gasteiger partial charge on any atom is 0.259 e. The van der Waals surface area contributed by atoms with E-state index in [0.717, 1.165) is 33.5 Å². The lowest BCUT2D eigenvalue weighted by Gasteiger charge is -2.34. The molecule has 0 bridgehead atoms. The van der Waals surface area contributed by atoms with Gasteiger partial charge in [0.2, 0.25) is 0 Å². The number of fused-ring (bicyclic) bond motifs is 5. The maximum absolute atomic E-state index is 12.9. The Morgan fingerprint density at radius 3 is 2.52 bits per heavy atom. The number of aryl methyl sites for hydroxylation is 1. The van der Waals surface area contributed by atoms with Crippen molar-refractivity contribution in [2.24, 2.45) is 0 Å². The van der Waals surface area contributed by atoms with Crippen LogP contribution in [0.15, 0.2) is 48.0 Å². The van der Waals surface area contributed by atoms with Crippen molar-refractivity contribution in [1.29, 1.82) is 0 Å². The Hall–Kier alpha value is -2.68. The molecule has 0 spiro atoms. The van der Waals surface area contributed by atoms with Gasteiger partial charge in [-0.05, 0) is 50.1 Å². The Kier molecular flexibility index (Phi) is 2.82. The van der Waals surface area contributed by atoms with Gasteiger partial charge in [-0.3, -0.25) is 14.5 Å². The molecule has 2 aliphatic heterocycles. The summed E-state index contributed by atoms with van der Waals surface area (Å²) in [5, 5.41) is 0. The molecule has 2 aliphatic rings. The van der Waals surface area contributed by atoms with Gasteiger partial charge in [-0.1, -0.05) is 29.8 Å². The Morgan fingerprint density at radius 2 is 1.78 bits per heavy atom. The van der Waals surface area contributed by atoms with Crippen molar-refractivity contribution in [3.8, 4) is 0 Å². The van der Waals surface area contributed by atoms with Crippen molar-refractivity contribution in [3.63, 3.8) is 0 Å². The van der Waals surface area contributed by atoms with Gasteiger partial charge in [0.05, 0.1) is 11.7 Å². The quantitative estimate of drug-likeness (QED) is 0.796. The van der Waals surface area contributed by atoms with E-state index in [2.05, 4.69) is 6.07 Å². The van der Waals surface area contributed by atoms with E-state index in [-0.39, 0.29) is 17.7 Å². The van der Waals surface area contributed by atoms with Crippen LogP contribution in [0.2, 0.25) is 0 Å². The highest BCUT2D eigenvalue weighted by Crippen LogP contribution is 2.50. The van der Waals surface area contributed by atoms with Gasteiger partial charge < -0.3 is 0 Å². The minimum Gasteiger partial charge on any atom is -0.296 e. The number of hydrogen-bond acceptors (Lipinski definition) is 2. The van der Waals surface area contributed by atoms with Gasteiger partial charge in [0.25, 0.3) is 5.91 Å². The van der Waals surface area contributed by atoms with Crippen molar-refractivity contribution in [2.45, 2.75) is 26.8 Å². The van der Waals surface area contributed by atoms with Crippen molar-refractivity contribution in [1.82, 2.24) is 0 Å². The molecule has 0 saturated heterocycles. The molecule has 0 radical (unpaired) electrons. The number of allylic oxidation sites excluding steroid dienone is 1. The Labute approximate surface area is 135 Å². The first-order chi connectivity index (χ1) is 11.0. The molecule has 0 fully saturated rings. The highest BCUT2D eigenvalue weighted by molar-refractivity contribution is 6.18. The fourth-order valence-electron chi connectivity index (χ4n) is 3.82. The zero-order chi connectivity index (χ0) is 16.3. The second-order valence-electron chi connectivity index (χ2n) is 6.28. The molecule has 3 heteroatoms. The number of amides is 1. The topological polar surface area (TPSA) is 37.4 Å². The first-order valence-electron chi connectivity index (χ1n) is 7.76. The fraction of sp³-hybridized carbons (Fsp3) is 0.200. The summed E-state index contributed by atoms with van der Waals surface area (Å²) in [6.07, 6.45) is 0. The number of anilines is 1. The molecule has 4 rings (SSSR count). The van der Waals surface area contributed by atoms with Crippen LogP contribution in [0, 0.1) is 6.92 Å². The lowest BCUT2D eigenvalue weighted by molar-refractivity contribution is -0.113. The van der Waals surface area contributed by atoms with Crippen LogP contribution in [0.25, 0.3) is 5.57 Å². The highest BCUT2D eigenvalue weighted by Gasteiger charge is 2.44. The van der Waals surface area contributed by atoms with Gasteiger partial charge in [0, 0.05) is 16.7 Å². The van der Waals surface area contributed by atoms with E-state index in [0.29, 0.717) is 5.56 Å². The van der Waals surface area contributed by atoms with E-state index in [1.807, 2.05) is 50.2 Å². The maximum atomic E-state index is 12.9. The molecular formula is C20H17NO2. The molecule has 0 aromatic heterocycles. The molecule has 2 aromatic carbocycles. The number of ketones is 1. The Bertz CT molecular complexity index is 908. The van der Waals surface area contributed by atoms with E-state index in [1.165, 1.54) is 0 Å². The van der Waals surface area contributed by atoms with E-state index < -0.39 is 0 Å². The normalized spacial score (nSPS) is 18.7. The van der Waals surface area contributed by atoms with Crippen LogP contribution < -0.4 is 4.90 Å². The minimum absolute atomic E-state index is 0.0224. The van der Waals surface area contributed by atoms with Crippen molar-refractivity contribution >= 4 is 23.0 Å². The van der Waals surface area contributed by atoms with Crippen LogP contribution in [0.4, 0.5) is 5.69 Å². The van der Waals surface area contributed by atoms with E-state index in [4.69, 9.17) is 0 Å². The van der Waals surface area contributed by atoms with Crippen molar-refractivity contribution in [2.75, 3.05) is 4.90 Å². The SMILES string of the molecule is CC(=O)C1=C(C)c2cc(C)ccc2N2C(=O)c3ccccc3C12. The zero-order valence-corrected chi connectivity index (χ0v) is 13.4. The van der Waals surface area contributed by atoms with Gasteiger partial charge in [-0.15, -0.1) is 0 Å². The monoisotopic (exact) mass is 303 g/mol. The molecule has 0 saturated carbocycles. The van der Waals surface area contributed by atoms with Crippen LogP contribution in [-0.2, 0) is 4.79 Å². The number of Topliss-reactive ketones (excluding diaryl/α,β-unsaturated/α-hetero) is 1. The molecule has 0 aliphatic carbocycles. The molecule has 23 heavy (non-hydrogen) atoms. The Morgan fingerprint density at radius 1 is 1.04 bits per heavy atom. The summed E-state index contributed by atoms with van der Waals surface area (Å²) < 4.78 is 0. The third-order valence-electron chi connectivity index (χ3n) is 4.84. The summed E-state index contributed by atoms with van der Waals surface area (Å²) >= 11 is 0. The van der Waals surface area contributed by atoms with Crippen LogP contribution in [0.1, 0.15) is 46.9 Å². The van der Waals surface area contributed by atoms with E-state index in [9.17, 15) is 9.59 Å². The number of carbonyl (C=O) groups excluding carboxylic acids is 2. The fourth-order valence-corrected chi connectivity index (χ4v) is 3.82. The third-order valence-corrected chi connectivity index (χ3v) is 4.84. The average Bonchev–Trinajstić information content (AvgIpc) is 2.81. The van der Waals surface area contributed by atoms with E-state index in [1.54, 1.807) is 11.8 Å². The van der Waals surface area contributed by atoms with Crippen LogP contribution in [0.3, 0.4) is 0 Å². The lowest BCUT2D eigenvalue weighted by atomic mass is 9.85. The first kappa shape index (κ1) is 13.9. The number of benzene rings is 2. The largest absolute Gasteiger partial charge is 0.296 e. The predicted molar refractivity (Wildman–Crippen MR) is 90.4 cm³/mol. The summed E-state index contributed by atoms with van der Waals surface area (Å²) in [4.78, 5) is 27.1. The second kappa shape index (κ2) is 4.66. The molecule has 2 heterocycles. The van der Waals surface area contributed by atoms with Gasteiger partial charge in [0.1, 0.15) is 0 Å². The van der Waals surface area contributed by atoms with Gasteiger partial charge in [0.15, 0.2) is 5.78 Å². The smallest absolute Gasteiger partial charge is 0.259 e. The Balaban J connectivity index is 2.08. The number of nitrogens with zero attached hydrogens (tertiary/aromatic N) is 1. The summed E-state index contributed by atoms with van der Waals surface area (Å²) in [6.45, 7) is 5.59. The third kappa shape index (κ3) is 1.76. The van der Waals surface area contributed by atoms with Gasteiger partial charge in [-0.2, -0.15) is 0 Å². The summed E-state index contributed by atoms with van der Waals surface area (Å²) in [5.74, 6) is -0.00360.